The lowest BCUT2D eigenvalue weighted by atomic mass is 9.93. The first-order valence-electron chi connectivity index (χ1n) is 6.80. The molecule has 0 bridgehead atoms. The molecular formula is C14H28N2O. The zero-order valence-corrected chi connectivity index (χ0v) is 11.7. The first kappa shape index (κ1) is 16.2. The van der Waals surface area contributed by atoms with E-state index in [-0.39, 0.29) is 5.91 Å². The highest BCUT2D eigenvalue weighted by Crippen LogP contribution is 2.20. The molecule has 1 atom stereocenters. The smallest absolute Gasteiger partial charge is 0.219 e. The van der Waals surface area contributed by atoms with Crippen molar-refractivity contribution in [3.8, 4) is 0 Å². The molecule has 1 heterocycles. The summed E-state index contributed by atoms with van der Waals surface area (Å²) in [5, 5.41) is 2.67. The predicted octanol–water partition coefficient (Wildman–Crippen LogP) is 2.44. The second-order valence-corrected chi connectivity index (χ2v) is 4.27. The van der Waals surface area contributed by atoms with Crippen molar-refractivity contribution in [3.05, 3.63) is 12.7 Å². The standard InChI is InChI=1S/C12H22N2O.C2H6/c1-3-8-14-9-4-5-11(10-14)6-7-12(15)13-2;1-2/h3,11H,1,4-10H2,2H3,(H,13,15);1-2H3. The fraction of sp³-hybridized carbons (Fsp3) is 0.786. The summed E-state index contributed by atoms with van der Waals surface area (Å²) in [6.45, 7) is 11.1. The van der Waals surface area contributed by atoms with E-state index in [1.807, 2.05) is 19.9 Å². The van der Waals surface area contributed by atoms with E-state index in [1.165, 1.54) is 19.4 Å². The molecule has 100 valence electrons. The Balaban J connectivity index is 0.00000121. The number of carbonyl (C=O) groups is 1. The van der Waals surface area contributed by atoms with Crippen LogP contribution < -0.4 is 5.32 Å². The van der Waals surface area contributed by atoms with Gasteiger partial charge in [-0.2, -0.15) is 0 Å². The van der Waals surface area contributed by atoms with Gasteiger partial charge in [-0.3, -0.25) is 9.69 Å². The molecular weight excluding hydrogens is 212 g/mol. The fourth-order valence-electron chi connectivity index (χ4n) is 2.20. The highest BCUT2D eigenvalue weighted by molar-refractivity contribution is 5.75. The van der Waals surface area contributed by atoms with E-state index in [1.54, 1.807) is 7.05 Å². The SMILES string of the molecule is C=CCN1CCCC(CCC(=O)NC)C1.CC. The summed E-state index contributed by atoms with van der Waals surface area (Å²) in [6.07, 6.45) is 6.18. The predicted molar refractivity (Wildman–Crippen MR) is 74.0 cm³/mol. The molecule has 0 spiro atoms. The lowest BCUT2D eigenvalue weighted by molar-refractivity contribution is -0.121. The van der Waals surface area contributed by atoms with Gasteiger partial charge < -0.3 is 5.32 Å². The highest BCUT2D eigenvalue weighted by atomic mass is 16.1. The van der Waals surface area contributed by atoms with Crippen molar-refractivity contribution in [1.82, 2.24) is 10.2 Å². The largest absolute Gasteiger partial charge is 0.359 e. The zero-order chi connectivity index (χ0) is 13.1. The number of hydrogen-bond donors (Lipinski definition) is 1. The summed E-state index contributed by atoms with van der Waals surface area (Å²) in [5.41, 5.74) is 0. The molecule has 0 saturated carbocycles. The molecule has 1 rings (SSSR count). The molecule has 17 heavy (non-hydrogen) atoms. The first-order chi connectivity index (χ1) is 8.26. The second kappa shape index (κ2) is 10.3. The van der Waals surface area contributed by atoms with E-state index in [0.29, 0.717) is 12.3 Å². The molecule has 1 fully saturated rings. The van der Waals surface area contributed by atoms with Crippen LogP contribution in [0.3, 0.4) is 0 Å². The third-order valence-electron chi connectivity index (χ3n) is 3.05. The molecule has 1 saturated heterocycles. The van der Waals surface area contributed by atoms with Gasteiger partial charge in [-0.1, -0.05) is 19.9 Å². The Labute approximate surface area is 106 Å². The molecule has 1 N–H and O–H groups in total. The topological polar surface area (TPSA) is 32.3 Å². The summed E-state index contributed by atoms with van der Waals surface area (Å²) in [6, 6.07) is 0. The van der Waals surface area contributed by atoms with Crippen LogP contribution in [0.4, 0.5) is 0 Å². The van der Waals surface area contributed by atoms with Crippen LogP contribution in [0.25, 0.3) is 0 Å². The summed E-state index contributed by atoms with van der Waals surface area (Å²) >= 11 is 0. The molecule has 1 aliphatic heterocycles. The van der Waals surface area contributed by atoms with Crippen molar-refractivity contribution in [3.63, 3.8) is 0 Å². The normalized spacial score (nSPS) is 20.1. The summed E-state index contributed by atoms with van der Waals surface area (Å²) < 4.78 is 0. The van der Waals surface area contributed by atoms with Gasteiger partial charge in [0.1, 0.15) is 0 Å². The van der Waals surface area contributed by atoms with Gasteiger partial charge in [-0.25, -0.2) is 0 Å². The number of likely N-dealkylation sites (tertiary alicyclic amines) is 1. The molecule has 0 aromatic heterocycles. The maximum atomic E-state index is 11.1. The monoisotopic (exact) mass is 240 g/mol. The van der Waals surface area contributed by atoms with Crippen molar-refractivity contribution in [2.45, 2.75) is 39.5 Å². The maximum absolute atomic E-state index is 11.1. The Morgan fingerprint density at radius 2 is 2.24 bits per heavy atom. The number of amides is 1. The summed E-state index contributed by atoms with van der Waals surface area (Å²) in [4.78, 5) is 13.5. The van der Waals surface area contributed by atoms with Gasteiger partial charge in [-0.05, 0) is 31.7 Å². The summed E-state index contributed by atoms with van der Waals surface area (Å²) in [7, 11) is 1.70. The lowest BCUT2D eigenvalue weighted by Crippen LogP contribution is -2.35. The lowest BCUT2D eigenvalue weighted by Gasteiger charge is -2.31. The van der Waals surface area contributed by atoms with E-state index < -0.39 is 0 Å². The van der Waals surface area contributed by atoms with Crippen molar-refractivity contribution < 1.29 is 4.79 Å². The number of rotatable bonds is 5. The fourth-order valence-corrected chi connectivity index (χ4v) is 2.20. The van der Waals surface area contributed by atoms with Crippen LogP contribution in [0.1, 0.15) is 39.5 Å². The minimum Gasteiger partial charge on any atom is -0.359 e. The Morgan fingerprint density at radius 3 is 2.82 bits per heavy atom. The third kappa shape index (κ3) is 7.16. The van der Waals surface area contributed by atoms with E-state index in [4.69, 9.17) is 0 Å². The Hall–Kier alpha value is -0.830. The van der Waals surface area contributed by atoms with Crippen molar-refractivity contribution in [2.75, 3.05) is 26.7 Å². The van der Waals surface area contributed by atoms with Crippen LogP contribution in [0, 0.1) is 5.92 Å². The molecule has 3 nitrogen and oxygen atoms in total. The van der Waals surface area contributed by atoms with E-state index >= 15 is 0 Å². The van der Waals surface area contributed by atoms with Crippen LogP contribution in [-0.2, 0) is 4.79 Å². The van der Waals surface area contributed by atoms with E-state index in [9.17, 15) is 4.79 Å². The van der Waals surface area contributed by atoms with E-state index in [2.05, 4.69) is 16.8 Å². The minimum atomic E-state index is 0.163. The molecule has 1 amide bonds. The second-order valence-electron chi connectivity index (χ2n) is 4.27. The maximum Gasteiger partial charge on any atom is 0.219 e. The number of carbonyl (C=O) groups excluding carboxylic acids is 1. The van der Waals surface area contributed by atoms with Crippen LogP contribution in [0.2, 0.25) is 0 Å². The molecule has 0 aliphatic carbocycles. The molecule has 0 aromatic rings. The molecule has 0 aromatic carbocycles. The van der Waals surface area contributed by atoms with Crippen molar-refractivity contribution in [1.29, 1.82) is 0 Å². The number of piperidine rings is 1. The van der Waals surface area contributed by atoms with Crippen LogP contribution >= 0.6 is 0 Å². The van der Waals surface area contributed by atoms with Gasteiger partial charge in [0.25, 0.3) is 0 Å². The van der Waals surface area contributed by atoms with Crippen LogP contribution in [-0.4, -0.2) is 37.5 Å². The van der Waals surface area contributed by atoms with Gasteiger partial charge in [0.2, 0.25) is 5.91 Å². The van der Waals surface area contributed by atoms with Gasteiger partial charge in [0, 0.05) is 26.6 Å². The molecule has 3 heteroatoms. The average molecular weight is 240 g/mol. The number of hydrogen-bond acceptors (Lipinski definition) is 2. The van der Waals surface area contributed by atoms with Gasteiger partial charge in [-0.15, -0.1) is 6.58 Å². The summed E-state index contributed by atoms with van der Waals surface area (Å²) in [5.74, 6) is 0.854. The first-order valence-corrected chi connectivity index (χ1v) is 6.80. The molecule has 0 radical (unpaired) electrons. The van der Waals surface area contributed by atoms with Crippen molar-refractivity contribution >= 4 is 5.91 Å². The Morgan fingerprint density at radius 1 is 1.53 bits per heavy atom. The van der Waals surface area contributed by atoms with Crippen molar-refractivity contribution in [2.24, 2.45) is 5.92 Å². The number of nitrogens with one attached hydrogen (secondary N) is 1. The third-order valence-corrected chi connectivity index (χ3v) is 3.05. The van der Waals surface area contributed by atoms with Crippen LogP contribution in [0.5, 0.6) is 0 Å². The van der Waals surface area contributed by atoms with Crippen LogP contribution in [0.15, 0.2) is 12.7 Å². The minimum absolute atomic E-state index is 0.163. The zero-order valence-electron chi connectivity index (χ0n) is 11.7. The Bertz CT molecular complexity index is 216. The quantitative estimate of drug-likeness (QED) is 0.749. The highest BCUT2D eigenvalue weighted by Gasteiger charge is 2.19. The number of nitrogens with zero attached hydrogens (tertiary/aromatic N) is 1. The van der Waals surface area contributed by atoms with Gasteiger partial charge in [0.05, 0.1) is 0 Å². The van der Waals surface area contributed by atoms with E-state index in [0.717, 1.165) is 19.5 Å². The average Bonchev–Trinajstić information content (AvgIpc) is 2.39. The van der Waals surface area contributed by atoms with Gasteiger partial charge >= 0.3 is 0 Å². The molecule has 1 aliphatic rings. The van der Waals surface area contributed by atoms with Gasteiger partial charge in [0.15, 0.2) is 0 Å². The molecule has 1 unspecified atom stereocenters. The Kier molecular flexibility index (Phi) is 9.83.